The molecule has 2 heterocycles. The van der Waals surface area contributed by atoms with Crippen LogP contribution in [0.2, 0.25) is 0 Å². The number of benzene rings is 1. The highest BCUT2D eigenvalue weighted by Crippen LogP contribution is 2.37. The van der Waals surface area contributed by atoms with Crippen LogP contribution in [0.1, 0.15) is 24.8 Å². The molecule has 1 atom stereocenters. The Balaban J connectivity index is 1.58. The summed E-state index contributed by atoms with van der Waals surface area (Å²) in [6.07, 6.45) is -2.02. The third-order valence-electron chi connectivity index (χ3n) is 5.00. The van der Waals surface area contributed by atoms with Crippen molar-refractivity contribution in [2.75, 3.05) is 38.2 Å². The van der Waals surface area contributed by atoms with Gasteiger partial charge in [-0.1, -0.05) is 0 Å². The van der Waals surface area contributed by atoms with E-state index in [2.05, 4.69) is 10.2 Å². The number of ether oxygens (including phenoxy) is 1. The van der Waals surface area contributed by atoms with Gasteiger partial charge in [-0.25, -0.2) is 0 Å². The highest BCUT2D eigenvalue weighted by atomic mass is 19.4. The first-order valence-corrected chi connectivity index (χ1v) is 8.75. The van der Waals surface area contributed by atoms with Crippen molar-refractivity contribution in [1.82, 2.24) is 4.90 Å². The minimum atomic E-state index is -4.76. The first kappa shape index (κ1) is 18.9. The Morgan fingerprint density at radius 3 is 2.58 bits per heavy atom. The summed E-state index contributed by atoms with van der Waals surface area (Å²) in [7, 11) is 0. The van der Waals surface area contributed by atoms with Crippen molar-refractivity contribution in [2.45, 2.75) is 31.5 Å². The number of likely N-dealkylation sites (tertiary alicyclic amines) is 1. The number of alkyl halides is 3. The standard InChI is InChI=1S/C17H22F3N3O3/c18-17(19,20)15-9-14(1-2-16(15)23(24)25)21-13-3-6-22(7-4-13)10-12-5-8-26-11-12/h1-2,9,12-13,21H,3-8,10-11H2. The molecule has 6 nitrogen and oxygen atoms in total. The summed E-state index contributed by atoms with van der Waals surface area (Å²) in [4.78, 5) is 12.2. The average molecular weight is 373 g/mol. The molecule has 2 fully saturated rings. The molecule has 1 aromatic rings. The monoisotopic (exact) mass is 373 g/mol. The molecule has 0 amide bonds. The highest BCUT2D eigenvalue weighted by molar-refractivity contribution is 5.55. The van der Waals surface area contributed by atoms with E-state index in [1.165, 1.54) is 6.07 Å². The molecule has 0 radical (unpaired) electrons. The summed E-state index contributed by atoms with van der Waals surface area (Å²) < 4.78 is 44.6. The van der Waals surface area contributed by atoms with Crippen LogP contribution in [-0.2, 0) is 10.9 Å². The number of rotatable bonds is 5. The molecule has 26 heavy (non-hydrogen) atoms. The zero-order valence-electron chi connectivity index (χ0n) is 14.3. The maximum absolute atomic E-state index is 13.1. The van der Waals surface area contributed by atoms with Crippen molar-refractivity contribution in [1.29, 1.82) is 0 Å². The Bertz CT molecular complexity index is 640. The quantitative estimate of drug-likeness (QED) is 0.632. The first-order valence-electron chi connectivity index (χ1n) is 8.75. The highest BCUT2D eigenvalue weighted by Gasteiger charge is 2.38. The topological polar surface area (TPSA) is 67.6 Å². The van der Waals surface area contributed by atoms with Crippen LogP contribution in [-0.4, -0.2) is 48.7 Å². The van der Waals surface area contributed by atoms with Gasteiger partial charge in [0.05, 0.1) is 11.5 Å². The number of anilines is 1. The molecule has 0 aliphatic carbocycles. The zero-order chi connectivity index (χ0) is 18.7. The number of hydrogen-bond acceptors (Lipinski definition) is 5. The molecule has 1 unspecified atom stereocenters. The molecular weight excluding hydrogens is 351 g/mol. The number of hydrogen-bond donors (Lipinski definition) is 1. The number of nitro benzene ring substituents is 1. The molecule has 144 valence electrons. The van der Waals surface area contributed by atoms with Gasteiger partial charge in [-0.2, -0.15) is 13.2 Å². The molecular formula is C17H22F3N3O3. The molecule has 0 aromatic heterocycles. The lowest BCUT2D eigenvalue weighted by atomic mass is 10.0. The van der Waals surface area contributed by atoms with Crippen LogP contribution in [0.4, 0.5) is 24.5 Å². The van der Waals surface area contributed by atoms with E-state index in [1.54, 1.807) is 0 Å². The fourth-order valence-electron chi connectivity index (χ4n) is 3.60. The molecule has 0 saturated carbocycles. The number of halogens is 3. The lowest BCUT2D eigenvalue weighted by Crippen LogP contribution is -2.41. The molecule has 2 aliphatic heterocycles. The minimum Gasteiger partial charge on any atom is -0.382 e. The van der Waals surface area contributed by atoms with Gasteiger partial charge in [-0.05, 0) is 37.3 Å². The Labute approximate surface area is 149 Å². The zero-order valence-corrected chi connectivity index (χ0v) is 14.3. The number of nitrogens with zero attached hydrogens (tertiary/aromatic N) is 2. The Morgan fingerprint density at radius 2 is 2.00 bits per heavy atom. The van der Waals surface area contributed by atoms with Gasteiger partial charge in [-0.15, -0.1) is 0 Å². The van der Waals surface area contributed by atoms with Gasteiger partial charge in [0.15, 0.2) is 0 Å². The van der Waals surface area contributed by atoms with Crippen LogP contribution in [0.25, 0.3) is 0 Å². The van der Waals surface area contributed by atoms with Crippen molar-refractivity contribution >= 4 is 11.4 Å². The average Bonchev–Trinajstić information content (AvgIpc) is 3.08. The van der Waals surface area contributed by atoms with Crippen LogP contribution < -0.4 is 5.32 Å². The molecule has 2 aliphatic rings. The predicted octanol–water partition coefficient (Wildman–Crippen LogP) is 3.53. The van der Waals surface area contributed by atoms with Gasteiger partial charge in [0, 0.05) is 44.0 Å². The number of piperidine rings is 1. The van der Waals surface area contributed by atoms with Gasteiger partial charge in [-0.3, -0.25) is 10.1 Å². The van der Waals surface area contributed by atoms with Crippen LogP contribution in [0.15, 0.2) is 18.2 Å². The smallest absolute Gasteiger partial charge is 0.382 e. The van der Waals surface area contributed by atoms with Crippen molar-refractivity contribution in [3.63, 3.8) is 0 Å². The van der Waals surface area contributed by atoms with E-state index < -0.39 is 22.4 Å². The van der Waals surface area contributed by atoms with E-state index in [-0.39, 0.29) is 11.7 Å². The molecule has 9 heteroatoms. The third kappa shape index (κ3) is 4.64. The second-order valence-electron chi connectivity index (χ2n) is 6.94. The van der Waals surface area contributed by atoms with Gasteiger partial charge in [0.25, 0.3) is 5.69 Å². The van der Waals surface area contributed by atoms with Gasteiger partial charge >= 0.3 is 6.18 Å². The van der Waals surface area contributed by atoms with E-state index in [4.69, 9.17) is 4.74 Å². The summed E-state index contributed by atoms with van der Waals surface area (Å²) >= 11 is 0. The second-order valence-corrected chi connectivity index (χ2v) is 6.94. The summed E-state index contributed by atoms with van der Waals surface area (Å²) in [6.45, 7) is 4.40. The van der Waals surface area contributed by atoms with Crippen LogP contribution in [0.3, 0.4) is 0 Å². The van der Waals surface area contributed by atoms with E-state index >= 15 is 0 Å². The summed E-state index contributed by atoms with van der Waals surface area (Å²) in [6, 6.07) is 3.16. The normalized spacial score (nSPS) is 22.5. The van der Waals surface area contributed by atoms with Gasteiger partial charge in [0.2, 0.25) is 0 Å². The predicted molar refractivity (Wildman–Crippen MR) is 90.1 cm³/mol. The van der Waals surface area contributed by atoms with Crippen LogP contribution >= 0.6 is 0 Å². The Kier molecular flexibility index (Phi) is 5.67. The summed E-state index contributed by atoms with van der Waals surface area (Å²) in [5.41, 5.74) is -1.87. The van der Waals surface area contributed by atoms with Crippen molar-refractivity contribution in [3.05, 3.63) is 33.9 Å². The maximum atomic E-state index is 13.1. The van der Waals surface area contributed by atoms with Gasteiger partial charge < -0.3 is 15.0 Å². The molecule has 1 aromatic carbocycles. The molecule has 0 spiro atoms. The number of nitrogens with one attached hydrogen (secondary N) is 1. The van der Waals surface area contributed by atoms with E-state index in [0.717, 1.165) is 64.2 Å². The van der Waals surface area contributed by atoms with Crippen molar-refractivity contribution in [2.24, 2.45) is 5.92 Å². The fourth-order valence-corrected chi connectivity index (χ4v) is 3.60. The second kappa shape index (κ2) is 7.79. The molecule has 1 N–H and O–H groups in total. The lowest BCUT2D eigenvalue weighted by Gasteiger charge is -2.34. The molecule has 0 bridgehead atoms. The molecule has 2 saturated heterocycles. The van der Waals surface area contributed by atoms with Crippen molar-refractivity contribution < 1.29 is 22.8 Å². The van der Waals surface area contributed by atoms with Crippen molar-refractivity contribution in [3.8, 4) is 0 Å². The van der Waals surface area contributed by atoms with Crippen LogP contribution in [0.5, 0.6) is 0 Å². The summed E-state index contributed by atoms with van der Waals surface area (Å²) in [5.74, 6) is 0.573. The van der Waals surface area contributed by atoms with Crippen LogP contribution in [0, 0.1) is 16.0 Å². The largest absolute Gasteiger partial charge is 0.423 e. The summed E-state index contributed by atoms with van der Waals surface area (Å²) in [5, 5.41) is 13.9. The first-order chi connectivity index (χ1) is 12.3. The Hall–Kier alpha value is -1.87. The maximum Gasteiger partial charge on any atom is 0.423 e. The Morgan fingerprint density at radius 1 is 1.27 bits per heavy atom. The van der Waals surface area contributed by atoms with E-state index in [0.29, 0.717) is 5.92 Å². The SMILES string of the molecule is O=[N+]([O-])c1ccc(NC2CCN(CC3CCOC3)CC2)cc1C(F)(F)F. The van der Waals surface area contributed by atoms with E-state index in [9.17, 15) is 23.3 Å². The van der Waals surface area contributed by atoms with Gasteiger partial charge in [0.1, 0.15) is 5.56 Å². The molecule has 3 rings (SSSR count). The minimum absolute atomic E-state index is 0.0635. The number of nitro groups is 1. The fraction of sp³-hybridized carbons (Fsp3) is 0.647. The third-order valence-corrected chi connectivity index (χ3v) is 5.00. The lowest BCUT2D eigenvalue weighted by molar-refractivity contribution is -0.388. The van der Waals surface area contributed by atoms with E-state index in [1.807, 2.05) is 0 Å².